The minimum absolute atomic E-state index is 0.583. The Labute approximate surface area is 111 Å². The van der Waals surface area contributed by atoms with Gasteiger partial charge < -0.3 is 5.32 Å². The Kier molecular flexibility index (Phi) is 4.09. The maximum Gasteiger partial charge on any atom is 0.0701 e. The van der Waals surface area contributed by atoms with Crippen LogP contribution in [0.15, 0.2) is 15.9 Å². The predicted octanol–water partition coefficient (Wildman–Crippen LogP) is 4.08. The highest BCUT2D eigenvalue weighted by Crippen LogP contribution is 2.48. The molecular formula is C13H20BrNS. The Bertz CT molecular complexity index is 341. The number of rotatable bonds is 6. The van der Waals surface area contributed by atoms with Gasteiger partial charge in [0.25, 0.3) is 0 Å². The van der Waals surface area contributed by atoms with Crippen LogP contribution >= 0.6 is 27.3 Å². The van der Waals surface area contributed by atoms with E-state index < -0.39 is 0 Å². The van der Waals surface area contributed by atoms with Crippen LogP contribution in [0.5, 0.6) is 0 Å². The van der Waals surface area contributed by atoms with Crippen LogP contribution in [0.1, 0.15) is 31.6 Å². The third kappa shape index (κ3) is 3.57. The number of thiophene rings is 1. The Morgan fingerprint density at radius 3 is 2.69 bits per heavy atom. The first-order valence-corrected chi connectivity index (χ1v) is 7.66. The molecule has 0 aromatic carbocycles. The number of hydrogen-bond donors (Lipinski definition) is 1. The third-order valence-electron chi connectivity index (χ3n) is 3.19. The summed E-state index contributed by atoms with van der Waals surface area (Å²) in [6.07, 6.45) is 4.05. The minimum Gasteiger partial charge on any atom is -0.316 e. The van der Waals surface area contributed by atoms with Gasteiger partial charge >= 0.3 is 0 Å². The van der Waals surface area contributed by atoms with Crippen LogP contribution in [0.25, 0.3) is 0 Å². The molecule has 0 atom stereocenters. The second-order valence-corrected chi connectivity index (χ2v) is 7.95. The number of nitrogens with one attached hydrogen (secondary N) is 1. The van der Waals surface area contributed by atoms with Crippen molar-refractivity contribution in [3.63, 3.8) is 0 Å². The van der Waals surface area contributed by atoms with Crippen LogP contribution in [0.4, 0.5) is 0 Å². The van der Waals surface area contributed by atoms with Gasteiger partial charge in [-0.05, 0) is 65.2 Å². The molecule has 0 radical (unpaired) electrons. The molecule has 1 nitrogen and oxygen atoms in total. The molecule has 1 aliphatic rings. The summed E-state index contributed by atoms with van der Waals surface area (Å²) in [5.41, 5.74) is 0.583. The molecule has 0 spiro atoms. The largest absolute Gasteiger partial charge is 0.316 e. The van der Waals surface area contributed by atoms with Crippen molar-refractivity contribution >= 4 is 27.3 Å². The third-order valence-corrected chi connectivity index (χ3v) is 4.81. The molecule has 0 amide bonds. The van der Waals surface area contributed by atoms with E-state index >= 15 is 0 Å². The average molecular weight is 302 g/mol. The summed E-state index contributed by atoms with van der Waals surface area (Å²) in [5, 5.41) is 3.61. The molecule has 1 heterocycles. The Morgan fingerprint density at radius 1 is 1.44 bits per heavy atom. The lowest BCUT2D eigenvalue weighted by molar-refractivity contribution is 0.434. The van der Waals surface area contributed by atoms with Gasteiger partial charge in [-0.2, -0.15) is 0 Å². The van der Waals surface area contributed by atoms with Crippen LogP contribution < -0.4 is 5.32 Å². The molecule has 1 N–H and O–H groups in total. The molecule has 1 aromatic rings. The zero-order chi connectivity index (χ0) is 11.6. The zero-order valence-corrected chi connectivity index (χ0v) is 12.5. The van der Waals surface area contributed by atoms with E-state index in [0.29, 0.717) is 5.41 Å². The van der Waals surface area contributed by atoms with Gasteiger partial charge in [0.15, 0.2) is 0 Å². The monoisotopic (exact) mass is 301 g/mol. The predicted molar refractivity (Wildman–Crippen MR) is 75.1 cm³/mol. The van der Waals surface area contributed by atoms with Gasteiger partial charge in [-0.3, -0.25) is 0 Å². The highest BCUT2D eigenvalue weighted by atomic mass is 79.9. The van der Waals surface area contributed by atoms with E-state index in [1.54, 1.807) is 0 Å². The average Bonchev–Trinajstić information content (AvgIpc) is 2.82. The molecule has 3 heteroatoms. The normalized spacial score (nSPS) is 18.0. The van der Waals surface area contributed by atoms with Gasteiger partial charge in [0.2, 0.25) is 0 Å². The van der Waals surface area contributed by atoms with Crippen molar-refractivity contribution in [3.05, 3.63) is 20.8 Å². The van der Waals surface area contributed by atoms with E-state index in [2.05, 4.69) is 47.2 Å². The maximum atomic E-state index is 3.61. The van der Waals surface area contributed by atoms with Crippen molar-refractivity contribution in [1.82, 2.24) is 5.32 Å². The molecule has 1 fully saturated rings. The molecule has 1 aromatic heterocycles. The first-order valence-electron chi connectivity index (χ1n) is 6.05. The van der Waals surface area contributed by atoms with E-state index in [9.17, 15) is 0 Å². The van der Waals surface area contributed by atoms with E-state index in [4.69, 9.17) is 0 Å². The smallest absolute Gasteiger partial charge is 0.0701 e. The Morgan fingerprint density at radius 2 is 2.19 bits per heavy atom. The first kappa shape index (κ1) is 12.6. The second-order valence-electron chi connectivity index (χ2n) is 5.41. The fraction of sp³-hybridized carbons (Fsp3) is 0.692. The molecule has 0 saturated heterocycles. The van der Waals surface area contributed by atoms with Crippen LogP contribution in [-0.2, 0) is 6.42 Å². The summed E-state index contributed by atoms with van der Waals surface area (Å²) in [4.78, 5) is 1.52. The van der Waals surface area contributed by atoms with Gasteiger partial charge in [0.1, 0.15) is 0 Å². The maximum absolute atomic E-state index is 3.61. The standard InChI is InChI=1S/C13H20BrNS/c1-10(2)8-15-9-13(5-6-13)7-11-3-4-12(14)16-11/h3-4,10,15H,5-9H2,1-2H3. The fourth-order valence-corrected chi connectivity index (χ4v) is 3.69. The molecule has 16 heavy (non-hydrogen) atoms. The van der Waals surface area contributed by atoms with Gasteiger partial charge in [-0.25, -0.2) is 0 Å². The Hall–Kier alpha value is 0.140. The summed E-state index contributed by atoms with van der Waals surface area (Å²) in [6.45, 7) is 6.88. The summed E-state index contributed by atoms with van der Waals surface area (Å²) in [7, 11) is 0. The van der Waals surface area contributed by atoms with E-state index in [1.807, 2.05) is 11.3 Å². The van der Waals surface area contributed by atoms with Gasteiger partial charge in [0, 0.05) is 11.4 Å². The highest BCUT2D eigenvalue weighted by Gasteiger charge is 2.42. The second kappa shape index (κ2) is 5.19. The number of halogens is 1. The van der Waals surface area contributed by atoms with Gasteiger partial charge in [-0.15, -0.1) is 11.3 Å². The molecule has 0 bridgehead atoms. The molecule has 0 aliphatic heterocycles. The van der Waals surface area contributed by atoms with Crippen molar-refractivity contribution in [3.8, 4) is 0 Å². The fourth-order valence-electron chi connectivity index (χ4n) is 2.04. The zero-order valence-electron chi connectivity index (χ0n) is 10.1. The highest BCUT2D eigenvalue weighted by molar-refractivity contribution is 9.11. The van der Waals surface area contributed by atoms with Gasteiger partial charge in [0.05, 0.1) is 3.79 Å². The molecule has 1 saturated carbocycles. The van der Waals surface area contributed by atoms with Crippen LogP contribution in [0.2, 0.25) is 0 Å². The molecule has 90 valence electrons. The van der Waals surface area contributed by atoms with Crippen molar-refractivity contribution in [2.75, 3.05) is 13.1 Å². The van der Waals surface area contributed by atoms with Crippen LogP contribution in [-0.4, -0.2) is 13.1 Å². The van der Waals surface area contributed by atoms with Crippen molar-refractivity contribution < 1.29 is 0 Å². The minimum atomic E-state index is 0.583. The lowest BCUT2D eigenvalue weighted by Gasteiger charge is -2.16. The molecular weight excluding hydrogens is 282 g/mol. The van der Waals surface area contributed by atoms with Crippen molar-refractivity contribution in [1.29, 1.82) is 0 Å². The van der Waals surface area contributed by atoms with E-state index in [1.165, 1.54) is 34.5 Å². The topological polar surface area (TPSA) is 12.0 Å². The van der Waals surface area contributed by atoms with E-state index in [0.717, 1.165) is 12.5 Å². The van der Waals surface area contributed by atoms with E-state index in [-0.39, 0.29) is 0 Å². The van der Waals surface area contributed by atoms with Crippen molar-refractivity contribution in [2.45, 2.75) is 33.1 Å². The molecule has 2 rings (SSSR count). The number of hydrogen-bond acceptors (Lipinski definition) is 2. The molecule has 1 aliphatic carbocycles. The van der Waals surface area contributed by atoms with Crippen LogP contribution in [0, 0.1) is 11.3 Å². The van der Waals surface area contributed by atoms with Gasteiger partial charge in [-0.1, -0.05) is 13.8 Å². The lowest BCUT2D eigenvalue weighted by atomic mass is 10.0. The first-order chi connectivity index (χ1) is 7.60. The Balaban J connectivity index is 1.80. The summed E-state index contributed by atoms with van der Waals surface area (Å²) in [5.74, 6) is 0.756. The SMILES string of the molecule is CC(C)CNCC1(Cc2ccc(Br)s2)CC1. The molecule has 0 unspecified atom stereocenters. The van der Waals surface area contributed by atoms with Crippen LogP contribution in [0.3, 0.4) is 0 Å². The lowest BCUT2D eigenvalue weighted by Crippen LogP contribution is -2.28. The van der Waals surface area contributed by atoms with Crippen molar-refractivity contribution in [2.24, 2.45) is 11.3 Å². The summed E-state index contributed by atoms with van der Waals surface area (Å²) >= 11 is 5.42. The quantitative estimate of drug-likeness (QED) is 0.835. The summed E-state index contributed by atoms with van der Waals surface area (Å²) < 4.78 is 1.26. The summed E-state index contributed by atoms with van der Waals surface area (Å²) in [6, 6.07) is 4.43.